The molecule has 0 spiro atoms. The average molecular weight is 262 g/mol. The smallest absolute Gasteiger partial charge is 0.227 e. The van der Waals surface area contributed by atoms with Gasteiger partial charge in [-0.15, -0.1) is 0 Å². The molecule has 2 rings (SSSR count). The van der Waals surface area contributed by atoms with Crippen LogP contribution in [0.25, 0.3) is 0 Å². The Morgan fingerprint density at radius 2 is 2.21 bits per heavy atom. The molecule has 1 heterocycles. The summed E-state index contributed by atoms with van der Waals surface area (Å²) in [5.41, 5.74) is 6.74. The van der Waals surface area contributed by atoms with E-state index in [9.17, 15) is 9.90 Å². The molecule has 104 valence electrons. The predicted octanol–water partition coefficient (Wildman–Crippen LogP) is 1.52. The number of phenols is 1. The van der Waals surface area contributed by atoms with Gasteiger partial charge in [0.2, 0.25) is 5.91 Å². The van der Waals surface area contributed by atoms with E-state index in [4.69, 9.17) is 5.73 Å². The van der Waals surface area contributed by atoms with Gasteiger partial charge in [-0.05, 0) is 18.4 Å². The zero-order chi connectivity index (χ0) is 13.8. The molecule has 1 fully saturated rings. The van der Waals surface area contributed by atoms with Crippen LogP contribution in [0.15, 0.2) is 24.3 Å². The summed E-state index contributed by atoms with van der Waals surface area (Å²) in [6.07, 6.45) is 2.13. The van der Waals surface area contributed by atoms with Crippen LogP contribution < -0.4 is 5.73 Å². The lowest BCUT2D eigenvalue weighted by Crippen LogP contribution is -2.49. The molecular weight excluding hydrogens is 240 g/mol. The fourth-order valence-electron chi connectivity index (χ4n) is 2.64. The Hall–Kier alpha value is -1.55. The van der Waals surface area contributed by atoms with Gasteiger partial charge >= 0.3 is 0 Å². The fraction of sp³-hybridized carbons (Fsp3) is 0.533. The maximum Gasteiger partial charge on any atom is 0.227 e. The third-order valence-corrected chi connectivity index (χ3v) is 4.00. The summed E-state index contributed by atoms with van der Waals surface area (Å²) in [4.78, 5) is 14.1. The summed E-state index contributed by atoms with van der Waals surface area (Å²) < 4.78 is 0. The normalized spacial score (nSPS) is 23.4. The largest absolute Gasteiger partial charge is 0.508 e. The standard InChI is InChI=1S/C15H22N2O2/c1-2-11-10-17(8-7-13(11)16)15(19)9-12-5-3-4-6-14(12)18/h3-6,11,13,18H,2,7-10,16H2,1H3. The Morgan fingerprint density at radius 3 is 2.89 bits per heavy atom. The number of phenolic OH excluding ortho intramolecular Hbond substituents is 1. The van der Waals surface area contributed by atoms with Crippen LogP contribution in [-0.2, 0) is 11.2 Å². The molecule has 4 nitrogen and oxygen atoms in total. The lowest BCUT2D eigenvalue weighted by molar-refractivity contribution is -0.132. The molecule has 1 aromatic rings. The van der Waals surface area contributed by atoms with Crippen molar-refractivity contribution in [1.29, 1.82) is 0 Å². The molecule has 0 aliphatic carbocycles. The minimum absolute atomic E-state index is 0.0758. The number of carbonyl (C=O) groups is 1. The van der Waals surface area contributed by atoms with Crippen molar-refractivity contribution in [3.8, 4) is 5.75 Å². The SMILES string of the molecule is CCC1CN(C(=O)Cc2ccccc2O)CCC1N. The van der Waals surface area contributed by atoms with Crippen molar-refractivity contribution in [2.75, 3.05) is 13.1 Å². The highest BCUT2D eigenvalue weighted by atomic mass is 16.3. The third-order valence-electron chi connectivity index (χ3n) is 4.00. The number of nitrogens with two attached hydrogens (primary N) is 1. The zero-order valence-corrected chi connectivity index (χ0v) is 11.4. The Kier molecular flexibility index (Phi) is 4.43. The lowest BCUT2D eigenvalue weighted by Gasteiger charge is -2.36. The molecule has 4 heteroatoms. The van der Waals surface area contributed by atoms with E-state index in [1.807, 2.05) is 11.0 Å². The summed E-state index contributed by atoms with van der Waals surface area (Å²) >= 11 is 0. The van der Waals surface area contributed by atoms with Crippen molar-refractivity contribution < 1.29 is 9.90 Å². The van der Waals surface area contributed by atoms with Crippen LogP contribution in [0.5, 0.6) is 5.75 Å². The predicted molar refractivity (Wildman–Crippen MR) is 74.8 cm³/mol. The van der Waals surface area contributed by atoms with Gasteiger partial charge in [0.05, 0.1) is 6.42 Å². The molecule has 1 aliphatic heterocycles. The fourth-order valence-corrected chi connectivity index (χ4v) is 2.64. The summed E-state index contributed by atoms with van der Waals surface area (Å²) in [6.45, 7) is 3.58. The zero-order valence-electron chi connectivity index (χ0n) is 11.4. The van der Waals surface area contributed by atoms with Crippen molar-refractivity contribution in [3.05, 3.63) is 29.8 Å². The summed E-state index contributed by atoms with van der Waals surface area (Å²) in [6, 6.07) is 7.21. The van der Waals surface area contributed by atoms with Gasteiger partial charge in [0.15, 0.2) is 0 Å². The number of likely N-dealkylation sites (tertiary alicyclic amines) is 1. The van der Waals surface area contributed by atoms with E-state index in [0.717, 1.165) is 25.9 Å². The molecule has 19 heavy (non-hydrogen) atoms. The van der Waals surface area contributed by atoms with E-state index < -0.39 is 0 Å². The number of rotatable bonds is 3. The number of piperidine rings is 1. The number of amides is 1. The molecule has 2 atom stereocenters. The molecule has 0 radical (unpaired) electrons. The van der Waals surface area contributed by atoms with Gasteiger partial charge < -0.3 is 15.7 Å². The van der Waals surface area contributed by atoms with Gasteiger partial charge in [0, 0.05) is 24.7 Å². The Balaban J connectivity index is 1.99. The number of para-hydroxylation sites is 1. The number of benzene rings is 1. The number of aromatic hydroxyl groups is 1. The first kappa shape index (κ1) is 13.9. The number of carbonyl (C=O) groups excluding carboxylic acids is 1. The van der Waals surface area contributed by atoms with Crippen LogP contribution in [0.3, 0.4) is 0 Å². The first-order chi connectivity index (χ1) is 9.11. The van der Waals surface area contributed by atoms with Crippen LogP contribution in [0.2, 0.25) is 0 Å². The second-order valence-electron chi connectivity index (χ2n) is 5.27. The molecule has 1 aliphatic rings. The Labute approximate surface area is 114 Å². The van der Waals surface area contributed by atoms with Gasteiger partial charge in [-0.25, -0.2) is 0 Å². The van der Waals surface area contributed by atoms with Gasteiger partial charge in [0.1, 0.15) is 5.75 Å². The molecule has 0 saturated carbocycles. The summed E-state index contributed by atoms with van der Waals surface area (Å²) in [5, 5.41) is 9.71. The summed E-state index contributed by atoms with van der Waals surface area (Å²) in [5.74, 6) is 0.658. The molecule has 0 bridgehead atoms. The van der Waals surface area contributed by atoms with Crippen LogP contribution in [0.1, 0.15) is 25.3 Å². The van der Waals surface area contributed by atoms with Crippen molar-refractivity contribution in [2.45, 2.75) is 32.2 Å². The Morgan fingerprint density at radius 1 is 1.47 bits per heavy atom. The second kappa shape index (κ2) is 6.06. The van der Waals surface area contributed by atoms with E-state index in [1.165, 1.54) is 0 Å². The van der Waals surface area contributed by atoms with Crippen molar-refractivity contribution in [1.82, 2.24) is 4.90 Å². The third kappa shape index (κ3) is 3.26. The molecular formula is C15H22N2O2. The van der Waals surface area contributed by atoms with Gasteiger partial charge in [-0.2, -0.15) is 0 Å². The van der Waals surface area contributed by atoms with Crippen LogP contribution in [0, 0.1) is 5.92 Å². The molecule has 2 unspecified atom stereocenters. The minimum Gasteiger partial charge on any atom is -0.508 e. The summed E-state index contributed by atoms with van der Waals surface area (Å²) in [7, 11) is 0. The van der Waals surface area contributed by atoms with Gasteiger partial charge in [-0.3, -0.25) is 4.79 Å². The van der Waals surface area contributed by atoms with Crippen molar-refractivity contribution in [3.63, 3.8) is 0 Å². The Bertz CT molecular complexity index is 448. The molecule has 1 aromatic carbocycles. The van der Waals surface area contributed by atoms with E-state index in [0.29, 0.717) is 11.5 Å². The van der Waals surface area contributed by atoms with Crippen LogP contribution in [-0.4, -0.2) is 35.0 Å². The van der Waals surface area contributed by atoms with E-state index in [-0.39, 0.29) is 24.1 Å². The van der Waals surface area contributed by atoms with Gasteiger partial charge in [-0.1, -0.05) is 31.5 Å². The van der Waals surface area contributed by atoms with Crippen LogP contribution >= 0.6 is 0 Å². The minimum atomic E-state index is 0.0758. The second-order valence-corrected chi connectivity index (χ2v) is 5.27. The van der Waals surface area contributed by atoms with Crippen LogP contribution in [0.4, 0.5) is 0 Å². The highest BCUT2D eigenvalue weighted by molar-refractivity contribution is 5.79. The van der Waals surface area contributed by atoms with Crippen molar-refractivity contribution >= 4 is 5.91 Å². The van der Waals surface area contributed by atoms with Crippen molar-refractivity contribution in [2.24, 2.45) is 11.7 Å². The molecule has 0 aromatic heterocycles. The van der Waals surface area contributed by atoms with E-state index in [1.54, 1.807) is 18.2 Å². The molecule has 1 amide bonds. The molecule has 3 N–H and O–H groups in total. The lowest BCUT2D eigenvalue weighted by atomic mass is 9.90. The number of nitrogens with zero attached hydrogens (tertiary/aromatic N) is 1. The highest BCUT2D eigenvalue weighted by Crippen LogP contribution is 2.21. The topological polar surface area (TPSA) is 66.6 Å². The van der Waals surface area contributed by atoms with E-state index >= 15 is 0 Å². The monoisotopic (exact) mass is 262 g/mol. The average Bonchev–Trinajstić information content (AvgIpc) is 2.42. The maximum absolute atomic E-state index is 12.3. The highest BCUT2D eigenvalue weighted by Gasteiger charge is 2.28. The van der Waals surface area contributed by atoms with Gasteiger partial charge in [0.25, 0.3) is 0 Å². The quantitative estimate of drug-likeness (QED) is 0.868. The maximum atomic E-state index is 12.3. The first-order valence-electron chi connectivity index (χ1n) is 6.92. The first-order valence-corrected chi connectivity index (χ1v) is 6.92. The number of hydrogen-bond donors (Lipinski definition) is 2. The number of hydrogen-bond acceptors (Lipinski definition) is 3. The van der Waals surface area contributed by atoms with E-state index in [2.05, 4.69) is 6.92 Å². The molecule has 1 saturated heterocycles.